The van der Waals surface area contributed by atoms with Crippen molar-refractivity contribution in [2.24, 2.45) is 17.8 Å². The lowest BCUT2D eigenvalue weighted by Crippen LogP contribution is -2.18. The minimum absolute atomic E-state index is 0.0111. The van der Waals surface area contributed by atoms with Crippen LogP contribution >= 0.6 is 0 Å². The molecule has 0 aliphatic heterocycles. The highest BCUT2D eigenvalue weighted by atomic mass is 16.5. The fourth-order valence-corrected chi connectivity index (χ4v) is 4.61. The quantitative estimate of drug-likeness (QED) is 0.117. The molecule has 0 radical (unpaired) electrons. The van der Waals surface area contributed by atoms with Crippen LogP contribution < -0.4 is 0 Å². The Morgan fingerprint density at radius 3 is 1.42 bits per heavy atom. The normalized spacial score (nSPS) is 14.4. The summed E-state index contributed by atoms with van der Waals surface area (Å²) >= 11 is 0. The first-order valence-electron chi connectivity index (χ1n) is 14.2. The molecule has 0 aliphatic rings. The molecule has 0 aliphatic carbocycles. The molecule has 0 aromatic heterocycles. The smallest absolute Gasteiger partial charge is 0.308 e. The minimum Gasteiger partial charge on any atom is -0.465 e. The van der Waals surface area contributed by atoms with Crippen LogP contribution in [0, 0.1) is 17.8 Å². The molecule has 0 spiro atoms. The second kappa shape index (κ2) is 22.7. The van der Waals surface area contributed by atoms with Crippen LogP contribution in [0.25, 0.3) is 0 Å². The van der Waals surface area contributed by atoms with Crippen LogP contribution in [0.4, 0.5) is 0 Å². The fraction of sp³-hybridized carbons (Fsp3) is 0.966. The molecule has 0 aromatic rings. The molecule has 0 bridgehead atoms. The van der Waals surface area contributed by atoms with Crippen molar-refractivity contribution in [3.63, 3.8) is 0 Å². The van der Waals surface area contributed by atoms with Crippen molar-refractivity contribution in [3.8, 4) is 0 Å². The van der Waals surface area contributed by atoms with Crippen LogP contribution in [0.2, 0.25) is 0 Å². The molecule has 0 rings (SSSR count). The standard InChI is InChI=1S/C29H58O2/c1-6-8-9-10-11-12-13-14-15-16-17-18-19-20-21-22-23-31-29(30)28(5)25-27(4)24-26(3)7-2/h26-28H,6-25H2,1-5H3. The number of rotatable bonds is 23. The van der Waals surface area contributed by atoms with Crippen molar-refractivity contribution in [1.82, 2.24) is 0 Å². The largest absolute Gasteiger partial charge is 0.465 e. The topological polar surface area (TPSA) is 26.3 Å². The van der Waals surface area contributed by atoms with Gasteiger partial charge in [-0.2, -0.15) is 0 Å². The highest BCUT2D eigenvalue weighted by Gasteiger charge is 2.18. The number of hydrogen-bond acceptors (Lipinski definition) is 2. The SMILES string of the molecule is CCCCCCCCCCCCCCCCCCOC(=O)C(C)CC(C)CC(C)CC. The van der Waals surface area contributed by atoms with Gasteiger partial charge in [-0.3, -0.25) is 4.79 Å². The molecule has 0 saturated carbocycles. The second-order valence-corrected chi connectivity index (χ2v) is 10.5. The number of carbonyl (C=O) groups is 1. The van der Waals surface area contributed by atoms with Gasteiger partial charge < -0.3 is 4.74 Å². The van der Waals surface area contributed by atoms with Gasteiger partial charge >= 0.3 is 5.97 Å². The van der Waals surface area contributed by atoms with Gasteiger partial charge in [0.25, 0.3) is 0 Å². The predicted octanol–water partition coefficient (Wildman–Crippen LogP) is 9.89. The predicted molar refractivity (Wildman–Crippen MR) is 138 cm³/mol. The van der Waals surface area contributed by atoms with Gasteiger partial charge in [-0.05, 0) is 31.1 Å². The van der Waals surface area contributed by atoms with Crippen molar-refractivity contribution in [2.75, 3.05) is 6.61 Å². The highest BCUT2D eigenvalue weighted by molar-refractivity contribution is 5.71. The Labute approximate surface area is 196 Å². The van der Waals surface area contributed by atoms with Crippen LogP contribution in [-0.4, -0.2) is 12.6 Å². The zero-order chi connectivity index (χ0) is 23.2. The molecular weight excluding hydrogens is 380 g/mol. The van der Waals surface area contributed by atoms with E-state index in [9.17, 15) is 4.79 Å². The van der Waals surface area contributed by atoms with Gasteiger partial charge in [0.05, 0.1) is 12.5 Å². The Kier molecular flexibility index (Phi) is 22.3. The average molecular weight is 439 g/mol. The van der Waals surface area contributed by atoms with Gasteiger partial charge in [0.2, 0.25) is 0 Å². The van der Waals surface area contributed by atoms with Crippen molar-refractivity contribution in [2.45, 2.75) is 157 Å². The average Bonchev–Trinajstić information content (AvgIpc) is 2.75. The van der Waals surface area contributed by atoms with Crippen molar-refractivity contribution in [3.05, 3.63) is 0 Å². The Hall–Kier alpha value is -0.530. The number of unbranched alkanes of at least 4 members (excludes halogenated alkanes) is 15. The molecule has 31 heavy (non-hydrogen) atoms. The molecule has 0 heterocycles. The van der Waals surface area contributed by atoms with Crippen LogP contribution in [0.3, 0.4) is 0 Å². The summed E-state index contributed by atoms with van der Waals surface area (Å²) in [5.41, 5.74) is 0. The van der Waals surface area contributed by atoms with Gasteiger partial charge in [0, 0.05) is 0 Å². The molecule has 0 fully saturated rings. The summed E-state index contributed by atoms with van der Waals surface area (Å²) in [6.45, 7) is 11.7. The summed E-state index contributed by atoms with van der Waals surface area (Å²) in [6, 6.07) is 0. The number of carbonyl (C=O) groups excluding carboxylic acids is 1. The van der Waals surface area contributed by atoms with E-state index in [0.717, 1.165) is 18.8 Å². The van der Waals surface area contributed by atoms with Gasteiger partial charge in [-0.1, -0.05) is 137 Å². The highest BCUT2D eigenvalue weighted by Crippen LogP contribution is 2.22. The maximum absolute atomic E-state index is 12.2. The minimum atomic E-state index is 0.0111. The van der Waals surface area contributed by atoms with Gasteiger partial charge in [0.1, 0.15) is 0 Å². The van der Waals surface area contributed by atoms with E-state index in [1.807, 2.05) is 6.92 Å². The third kappa shape index (κ3) is 21.1. The lowest BCUT2D eigenvalue weighted by Gasteiger charge is -2.19. The van der Waals surface area contributed by atoms with Crippen LogP contribution in [0.5, 0.6) is 0 Å². The maximum Gasteiger partial charge on any atom is 0.308 e. The Balaban J connectivity index is 3.36. The van der Waals surface area contributed by atoms with Gasteiger partial charge in [0.15, 0.2) is 0 Å². The number of hydrogen-bond donors (Lipinski definition) is 0. The van der Waals surface area contributed by atoms with Crippen molar-refractivity contribution < 1.29 is 9.53 Å². The number of ether oxygens (including phenoxy) is 1. The van der Waals surface area contributed by atoms with E-state index in [-0.39, 0.29) is 11.9 Å². The van der Waals surface area contributed by atoms with E-state index in [4.69, 9.17) is 4.74 Å². The first-order chi connectivity index (χ1) is 15.0. The molecule has 0 N–H and O–H groups in total. The van der Waals surface area contributed by atoms with E-state index in [2.05, 4.69) is 27.7 Å². The molecule has 2 heteroatoms. The summed E-state index contributed by atoms with van der Waals surface area (Å²) in [7, 11) is 0. The van der Waals surface area contributed by atoms with Crippen LogP contribution in [0.1, 0.15) is 157 Å². The zero-order valence-electron chi connectivity index (χ0n) is 22.2. The van der Waals surface area contributed by atoms with Crippen LogP contribution in [0.15, 0.2) is 0 Å². The fourth-order valence-electron chi connectivity index (χ4n) is 4.61. The molecule has 186 valence electrons. The third-order valence-corrected chi connectivity index (χ3v) is 6.90. The first-order valence-corrected chi connectivity index (χ1v) is 14.2. The van der Waals surface area contributed by atoms with Crippen molar-refractivity contribution in [1.29, 1.82) is 0 Å². The molecular formula is C29H58O2. The van der Waals surface area contributed by atoms with Crippen molar-refractivity contribution >= 4 is 5.97 Å². The Morgan fingerprint density at radius 1 is 0.581 bits per heavy atom. The number of esters is 1. The van der Waals surface area contributed by atoms with E-state index < -0.39 is 0 Å². The molecule has 0 saturated heterocycles. The summed E-state index contributed by atoms with van der Waals surface area (Å²) in [5.74, 6) is 1.41. The Bertz CT molecular complexity index is 379. The summed E-state index contributed by atoms with van der Waals surface area (Å²) in [4.78, 5) is 12.2. The van der Waals surface area contributed by atoms with E-state index in [1.54, 1.807) is 0 Å². The molecule has 0 amide bonds. The molecule has 2 nitrogen and oxygen atoms in total. The van der Waals surface area contributed by atoms with E-state index in [1.165, 1.54) is 109 Å². The molecule has 3 atom stereocenters. The van der Waals surface area contributed by atoms with E-state index >= 15 is 0 Å². The molecule has 3 unspecified atom stereocenters. The van der Waals surface area contributed by atoms with E-state index in [0.29, 0.717) is 12.5 Å². The maximum atomic E-state index is 12.2. The van der Waals surface area contributed by atoms with Gasteiger partial charge in [-0.15, -0.1) is 0 Å². The summed E-state index contributed by atoms with van der Waals surface area (Å²) in [6.07, 6.45) is 25.3. The lowest BCUT2D eigenvalue weighted by atomic mass is 9.88. The summed E-state index contributed by atoms with van der Waals surface area (Å²) < 4.78 is 5.52. The van der Waals surface area contributed by atoms with Crippen LogP contribution in [-0.2, 0) is 9.53 Å². The Morgan fingerprint density at radius 2 is 1.00 bits per heavy atom. The molecule has 0 aromatic carbocycles. The monoisotopic (exact) mass is 438 g/mol. The second-order valence-electron chi connectivity index (χ2n) is 10.5. The summed E-state index contributed by atoms with van der Waals surface area (Å²) in [5, 5.41) is 0. The van der Waals surface area contributed by atoms with Gasteiger partial charge in [-0.25, -0.2) is 0 Å². The zero-order valence-corrected chi connectivity index (χ0v) is 22.2. The third-order valence-electron chi connectivity index (χ3n) is 6.90. The first kappa shape index (κ1) is 30.5. The lowest BCUT2D eigenvalue weighted by molar-refractivity contribution is -0.148.